The molecule has 1 aromatic rings. The van der Waals surface area contributed by atoms with Crippen LogP contribution in [0.15, 0.2) is 12.1 Å². The van der Waals surface area contributed by atoms with Crippen molar-refractivity contribution in [3.8, 4) is 11.5 Å². The molecule has 1 aliphatic heterocycles. The van der Waals surface area contributed by atoms with Gasteiger partial charge in [-0.15, -0.1) is 0 Å². The molecule has 4 heteroatoms. The van der Waals surface area contributed by atoms with Crippen LogP contribution in [0.1, 0.15) is 51.6 Å². The van der Waals surface area contributed by atoms with E-state index in [1.807, 2.05) is 12.1 Å². The van der Waals surface area contributed by atoms with Gasteiger partial charge in [0.1, 0.15) is 13.2 Å². The number of benzene rings is 1. The first-order valence-electron chi connectivity index (χ1n) is 7.98. The summed E-state index contributed by atoms with van der Waals surface area (Å²) in [6.45, 7) is 8.88. The maximum Gasteiger partial charge on any atom is 0.162 e. The largest absolute Gasteiger partial charge is 0.486 e. The Balaban J connectivity index is 2.25. The molecule has 1 N–H and O–H groups in total. The molecule has 2 atom stereocenters. The van der Waals surface area contributed by atoms with Crippen LogP contribution >= 0.6 is 11.6 Å². The molecule has 2 unspecified atom stereocenters. The van der Waals surface area contributed by atoms with Gasteiger partial charge in [0.2, 0.25) is 0 Å². The first kappa shape index (κ1) is 16.4. The van der Waals surface area contributed by atoms with E-state index >= 15 is 0 Å². The topological polar surface area (TPSA) is 30.5 Å². The average molecular weight is 312 g/mol. The van der Waals surface area contributed by atoms with Crippen molar-refractivity contribution >= 4 is 11.6 Å². The zero-order valence-electron chi connectivity index (χ0n) is 13.2. The highest BCUT2D eigenvalue weighted by Crippen LogP contribution is 2.39. The van der Waals surface area contributed by atoms with Crippen LogP contribution in [-0.2, 0) is 0 Å². The lowest BCUT2D eigenvalue weighted by atomic mass is 9.93. The van der Waals surface area contributed by atoms with E-state index in [9.17, 15) is 0 Å². The second kappa shape index (κ2) is 7.90. The molecule has 21 heavy (non-hydrogen) atoms. The molecule has 0 saturated heterocycles. The Hall–Kier alpha value is -0.930. The lowest BCUT2D eigenvalue weighted by Crippen LogP contribution is -2.25. The van der Waals surface area contributed by atoms with Gasteiger partial charge in [0.05, 0.1) is 0 Å². The van der Waals surface area contributed by atoms with Crippen LogP contribution in [0, 0.1) is 5.92 Å². The minimum absolute atomic E-state index is 0.267. The van der Waals surface area contributed by atoms with Crippen molar-refractivity contribution in [2.24, 2.45) is 5.92 Å². The molecular weight excluding hydrogens is 286 g/mol. The number of fused-ring (bicyclic) bond motifs is 1. The van der Waals surface area contributed by atoms with Crippen LogP contribution in [0.4, 0.5) is 0 Å². The van der Waals surface area contributed by atoms with Crippen LogP contribution in [0.3, 0.4) is 0 Å². The summed E-state index contributed by atoms with van der Waals surface area (Å²) in [5.74, 6) is 2.23. The average Bonchev–Trinajstić information content (AvgIpc) is 2.50. The van der Waals surface area contributed by atoms with Crippen molar-refractivity contribution in [1.82, 2.24) is 5.32 Å². The summed E-state index contributed by atoms with van der Waals surface area (Å²) in [6.07, 6.45) is 3.36. The predicted octanol–water partition coefficient (Wildman–Crippen LogP) is 4.59. The highest BCUT2D eigenvalue weighted by molar-refractivity contribution is 6.31. The monoisotopic (exact) mass is 311 g/mol. The molecular formula is C17H26ClNO2. The quantitative estimate of drug-likeness (QED) is 0.799. The standard InChI is InChI=1S/C17H26ClNO2/c1-4-6-19-15(9-12(3)5-2)13-10-16-17(11-14(13)18)21-8-7-20-16/h10-12,15,19H,4-9H2,1-3H3. The summed E-state index contributed by atoms with van der Waals surface area (Å²) < 4.78 is 11.3. The molecule has 0 bridgehead atoms. The van der Waals surface area contributed by atoms with Crippen LogP contribution < -0.4 is 14.8 Å². The second-order valence-electron chi connectivity index (χ2n) is 5.77. The molecule has 0 saturated carbocycles. The van der Waals surface area contributed by atoms with E-state index in [2.05, 4.69) is 26.1 Å². The van der Waals surface area contributed by atoms with Gasteiger partial charge in [-0.2, -0.15) is 0 Å². The van der Waals surface area contributed by atoms with Crippen molar-refractivity contribution < 1.29 is 9.47 Å². The smallest absolute Gasteiger partial charge is 0.162 e. The van der Waals surface area contributed by atoms with E-state index < -0.39 is 0 Å². The second-order valence-corrected chi connectivity index (χ2v) is 6.18. The molecule has 0 aliphatic carbocycles. The summed E-state index contributed by atoms with van der Waals surface area (Å²) in [7, 11) is 0. The zero-order valence-corrected chi connectivity index (χ0v) is 14.0. The van der Waals surface area contributed by atoms with E-state index in [0.29, 0.717) is 19.1 Å². The predicted molar refractivity (Wildman–Crippen MR) is 87.5 cm³/mol. The Labute approximate surface area is 133 Å². The van der Waals surface area contributed by atoms with Crippen molar-refractivity contribution in [3.63, 3.8) is 0 Å². The molecule has 0 spiro atoms. The summed E-state index contributed by atoms with van der Waals surface area (Å²) >= 11 is 6.49. The van der Waals surface area contributed by atoms with Crippen molar-refractivity contribution in [3.05, 3.63) is 22.7 Å². The molecule has 3 nitrogen and oxygen atoms in total. The van der Waals surface area contributed by atoms with Gasteiger partial charge in [0.25, 0.3) is 0 Å². The van der Waals surface area contributed by atoms with Gasteiger partial charge < -0.3 is 14.8 Å². The normalized spacial score (nSPS) is 16.6. The van der Waals surface area contributed by atoms with Crippen molar-refractivity contribution in [2.45, 2.75) is 46.1 Å². The summed E-state index contributed by atoms with van der Waals surface area (Å²) in [6, 6.07) is 4.21. The minimum Gasteiger partial charge on any atom is -0.486 e. The summed E-state index contributed by atoms with van der Waals surface area (Å²) in [4.78, 5) is 0. The maximum absolute atomic E-state index is 6.49. The Bertz CT molecular complexity index is 464. The summed E-state index contributed by atoms with van der Waals surface area (Å²) in [5.41, 5.74) is 1.12. The Morgan fingerprint density at radius 3 is 2.48 bits per heavy atom. The highest BCUT2D eigenvalue weighted by Gasteiger charge is 2.21. The maximum atomic E-state index is 6.49. The van der Waals surface area contributed by atoms with Crippen LogP contribution in [0.2, 0.25) is 5.02 Å². The fourth-order valence-corrected chi connectivity index (χ4v) is 2.84. The Kier molecular flexibility index (Phi) is 6.19. The molecule has 1 aliphatic rings. The fourth-order valence-electron chi connectivity index (χ4n) is 2.55. The first-order chi connectivity index (χ1) is 10.2. The molecule has 1 heterocycles. The molecule has 2 rings (SSSR count). The van der Waals surface area contributed by atoms with E-state index in [1.165, 1.54) is 6.42 Å². The van der Waals surface area contributed by atoms with Crippen LogP contribution in [0.25, 0.3) is 0 Å². The van der Waals surface area contributed by atoms with Gasteiger partial charge in [-0.05, 0) is 36.9 Å². The minimum atomic E-state index is 0.267. The van der Waals surface area contributed by atoms with Crippen molar-refractivity contribution in [2.75, 3.05) is 19.8 Å². The van der Waals surface area contributed by atoms with E-state index in [4.69, 9.17) is 21.1 Å². The van der Waals surface area contributed by atoms with Crippen LogP contribution in [-0.4, -0.2) is 19.8 Å². The third-order valence-corrected chi connectivity index (χ3v) is 4.34. The third-order valence-electron chi connectivity index (χ3n) is 4.01. The highest BCUT2D eigenvalue weighted by atomic mass is 35.5. The number of nitrogens with one attached hydrogen (secondary N) is 1. The lowest BCUT2D eigenvalue weighted by molar-refractivity contribution is 0.171. The molecule has 118 valence electrons. The molecule has 1 aromatic carbocycles. The number of halogens is 1. The van der Waals surface area contributed by atoms with Gasteiger partial charge in [-0.25, -0.2) is 0 Å². The van der Waals surface area contributed by atoms with Gasteiger partial charge >= 0.3 is 0 Å². The molecule has 0 fully saturated rings. The number of ether oxygens (including phenoxy) is 2. The fraction of sp³-hybridized carbons (Fsp3) is 0.647. The lowest BCUT2D eigenvalue weighted by Gasteiger charge is -2.26. The van der Waals surface area contributed by atoms with Gasteiger partial charge in [-0.1, -0.05) is 38.8 Å². The molecule has 0 radical (unpaired) electrons. The number of hydrogen-bond acceptors (Lipinski definition) is 3. The molecule has 0 amide bonds. The number of hydrogen-bond donors (Lipinski definition) is 1. The van der Waals surface area contributed by atoms with Gasteiger partial charge in [0.15, 0.2) is 11.5 Å². The van der Waals surface area contributed by atoms with Crippen LogP contribution in [0.5, 0.6) is 11.5 Å². The Morgan fingerprint density at radius 2 is 1.86 bits per heavy atom. The number of rotatable bonds is 7. The van der Waals surface area contributed by atoms with E-state index in [-0.39, 0.29) is 6.04 Å². The first-order valence-corrected chi connectivity index (χ1v) is 8.35. The third kappa shape index (κ3) is 4.27. The van der Waals surface area contributed by atoms with E-state index in [0.717, 1.165) is 41.5 Å². The SMILES string of the molecule is CCCNC(CC(C)CC)c1cc2c(cc1Cl)OCCO2. The zero-order chi connectivity index (χ0) is 15.2. The van der Waals surface area contributed by atoms with Gasteiger partial charge in [0, 0.05) is 17.1 Å². The summed E-state index contributed by atoms with van der Waals surface area (Å²) in [5, 5.41) is 4.38. The van der Waals surface area contributed by atoms with Gasteiger partial charge in [-0.3, -0.25) is 0 Å². The van der Waals surface area contributed by atoms with E-state index in [1.54, 1.807) is 0 Å². The van der Waals surface area contributed by atoms with Crippen molar-refractivity contribution in [1.29, 1.82) is 0 Å². The molecule has 0 aromatic heterocycles. The Morgan fingerprint density at radius 1 is 1.19 bits per heavy atom.